The first kappa shape index (κ1) is 9.18. The van der Waals surface area contributed by atoms with Crippen LogP contribution >= 0.6 is 0 Å². The second-order valence-corrected chi connectivity index (χ2v) is 3.43. The second-order valence-electron chi connectivity index (χ2n) is 3.43. The monoisotopic (exact) mass is 198 g/mol. The van der Waals surface area contributed by atoms with Crippen LogP contribution in [0.4, 0.5) is 4.39 Å². The van der Waals surface area contributed by atoms with Crippen LogP contribution < -0.4 is 0 Å². The third-order valence-electron chi connectivity index (χ3n) is 2.40. The van der Waals surface area contributed by atoms with E-state index in [1.165, 1.54) is 6.20 Å². The van der Waals surface area contributed by atoms with Gasteiger partial charge in [0.1, 0.15) is 11.5 Å². The quantitative estimate of drug-likeness (QED) is 0.779. The lowest BCUT2D eigenvalue weighted by atomic mass is 10.2. The fraction of sp³-hybridized carbons (Fsp3) is 0.556. The van der Waals surface area contributed by atoms with Crippen LogP contribution in [0.2, 0.25) is 0 Å². The number of aliphatic carboxylic acids is 1. The number of aryl methyl sites for hydroxylation is 2. The topological polar surface area (TPSA) is 55.1 Å². The average molecular weight is 198 g/mol. The van der Waals surface area contributed by atoms with Gasteiger partial charge in [0.25, 0.3) is 0 Å². The van der Waals surface area contributed by atoms with Gasteiger partial charge in [-0.2, -0.15) is 0 Å². The van der Waals surface area contributed by atoms with Crippen LogP contribution in [0.3, 0.4) is 0 Å². The Morgan fingerprint density at radius 3 is 3.07 bits per heavy atom. The molecule has 0 spiro atoms. The van der Waals surface area contributed by atoms with Crippen LogP contribution in [-0.2, 0) is 17.8 Å². The van der Waals surface area contributed by atoms with E-state index in [0.29, 0.717) is 0 Å². The van der Waals surface area contributed by atoms with Crippen molar-refractivity contribution >= 4 is 5.97 Å². The Bertz CT molecular complexity index is 338. The van der Waals surface area contributed by atoms with Crippen LogP contribution in [0, 0.1) is 0 Å². The van der Waals surface area contributed by atoms with Gasteiger partial charge in [-0.05, 0) is 12.8 Å². The van der Waals surface area contributed by atoms with Crippen LogP contribution in [0.15, 0.2) is 6.20 Å². The molecule has 1 aliphatic heterocycles. The molecule has 0 aromatic carbocycles. The van der Waals surface area contributed by atoms with Gasteiger partial charge in [0.15, 0.2) is 0 Å². The fourth-order valence-corrected chi connectivity index (χ4v) is 1.68. The molecule has 1 aromatic heterocycles. The first-order valence-corrected chi connectivity index (χ1v) is 4.61. The molecule has 1 unspecified atom stereocenters. The minimum atomic E-state index is -1.99. The zero-order valence-electron chi connectivity index (χ0n) is 7.61. The standard InChI is InChI=1S/C9H11FN2O2/c10-8(9(13)14)6-5-12-4-2-1-3-7(12)11-6/h5,8H,1-4H2,(H,13,14). The molecule has 2 heterocycles. The van der Waals surface area contributed by atoms with E-state index < -0.39 is 12.1 Å². The highest BCUT2D eigenvalue weighted by atomic mass is 19.1. The average Bonchev–Trinajstić information content (AvgIpc) is 2.59. The summed E-state index contributed by atoms with van der Waals surface area (Å²) in [5, 5.41) is 8.47. The lowest BCUT2D eigenvalue weighted by Crippen LogP contribution is -2.08. The number of nitrogens with zero attached hydrogens (tertiary/aromatic N) is 2. The van der Waals surface area contributed by atoms with Crippen molar-refractivity contribution in [3.05, 3.63) is 17.7 Å². The summed E-state index contributed by atoms with van der Waals surface area (Å²) in [5.74, 6) is -0.671. The fourth-order valence-electron chi connectivity index (χ4n) is 1.68. The Labute approximate surface area is 80.4 Å². The van der Waals surface area contributed by atoms with Gasteiger partial charge in [-0.25, -0.2) is 14.2 Å². The van der Waals surface area contributed by atoms with Gasteiger partial charge in [-0.3, -0.25) is 0 Å². The molecular weight excluding hydrogens is 187 g/mol. The number of carboxylic acid groups (broad SMARTS) is 1. The smallest absolute Gasteiger partial charge is 0.344 e. The Morgan fingerprint density at radius 1 is 1.64 bits per heavy atom. The maximum absolute atomic E-state index is 13.1. The third kappa shape index (κ3) is 1.49. The van der Waals surface area contributed by atoms with Gasteiger partial charge in [-0.15, -0.1) is 0 Å². The highest BCUT2D eigenvalue weighted by Crippen LogP contribution is 2.20. The molecule has 0 amide bonds. The summed E-state index contributed by atoms with van der Waals surface area (Å²) in [4.78, 5) is 14.4. The van der Waals surface area contributed by atoms with E-state index in [2.05, 4.69) is 4.98 Å². The van der Waals surface area contributed by atoms with Crippen molar-refractivity contribution < 1.29 is 14.3 Å². The molecule has 1 atom stereocenters. The Kier molecular flexibility index (Phi) is 2.23. The SMILES string of the molecule is O=C(O)C(F)c1cn2c(n1)CCCC2. The number of rotatable bonds is 2. The number of hydrogen-bond acceptors (Lipinski definition) is 2. The minimum absolute atomic E-state index is 0.0226. The Morgan fingerprint density at radius 2 is 2.43 bits per heavy atom. The van der Waals surface area contributed by atoms with E-state index in [1.54, 1.807) is 0 Å². The maximum Gasteiger partial charge on any atom is 0.344 e. The molecule has 1 aromatic rings. The lowest BCUT2D eigenvalue weighted by molar-refractivity contribution is -0.143. The predicted octanol–water partition coefficient (Wildman–Crippen LogP) is 1.31. The van der Waals surface area contributed by atoms with Crippen molar-refractivity contribution in [3.63, 3.8) is 0 Å². The Balaban J connectivity index is 2.28. The number of alkyl halides is 1. The number of aromatic nitrogens is 2. The summed E-state index contributed by atoms with van der Waals surface area (Å²) in [6.07, 6.45) is 2.42. The van der Waals surface area contributed by atoms with Crippen molar-refractivity contribution in [1.82, 2.24) is 9.55 Å². The minimum Gasteiger partial charge on any atom is -0.479 e. The lowest BCUT2D eigenvalue weighted by Gasteiger charge is -2.11. The zero-order valence-corrected chi connectivity index (χ0v) is 7.61. The number of carboxylic acids is 1. The van der Waals surface area contributed by atoms with Gasteiger partial charge < -0.3 is 9.67 Å². The molecule has 76 valence electrons. The summed E-state index contributed by atoms with van der Waals surface area (Å²) in [6.45, 7) is 0.814. The molecule has 0 saturated heterocycles. The van der Waals surface area contributed by atoms with Crippen molar-refractivity contribution in [2.75, 3.05) is 0 Å². The van der Waals surface area contributed by atoms with Crippen molar-refractivity contribution in [2.45, 2.75) is 32.0 Å². The maximum atomic E-state index is 13.1. The van der Waals surface area contributed by atoms with Gasteiger partial charge in [0, 0.05) is 19.2 Å². The van der Waals surface area contributed by atoms with Gasteiger partial charge >= 0.3 is 5.97 Å². The van der Waals surface area contributed by atoms with Crippen LogP contribution in [0.25, 0.3) is 0 Å². The molecule has 0 bridgehead atoms. The van der Waals surface area contributed by atoms with E-state index in [-0.39, 0.29) is 5.69 Å². The largest absolute Gasteiger partial charge is 0.479 e. The molecule has 0 fully saturated rings. The van der Waals surface area contributed by atoms with E-state index >= 15 is 0 Å². The highest BCUT2D eigenvalue weighted by molar-refractivity contribution is 5.73. The van der Waals surface area contributed by atoms with Gasteiger partial charge in [0.05, 0.1) is 0 Å². The van der Waals surface area contributed by atoms with Gasteiger partial charge in [0.2, 0.25) is 6.17 Å². The first-order valence-electron chi connectivity index (χ1n) is 4.61. The van der Waals surface area contributed by atoms with Crippen molar-refractivity contribution in [2.24, 2.45) is 0 Å². The molecule has 1 aliphatic rings. The van der Waals surface area contributed by atoms with Crippen molar-refractivity contribution in [3.8, 4) is 0 Å². The molecule has 0 saturated carbocycles. The first-order chi connectivity index (χ1) is 6.68. The number of halogens is 1. The summed E-state index contributed by atoms with van der Waals surface area (Å²) in [5.41, 5.74) is 0.0226. The Hall–Kier alpha value is -1.39. The molecule has 1 N–H and O–H groups in total. The van der Waals surface area contributed by atoms with E-state index in [0.717, 1.165) is 31.6 Å². The predicted molar refractivity (Wildman–Crippen MR) is 46.6 cm³/mol. The zero-order chi connectivity index (χ0) is 10.1. The van der Waals surface area contributed by atoms with Crippen LogP contribution in [0.1, 0.15) is 30.5 Å². The number of hydrogen-bond donors (Lipinski definition) is 1. The summed E-state index contributed by atoms with van der Waals surface area (Å²) in [6, 6.07) is 0. The van der Waals surface area contributed by atoms with Crippen molar-refractivity contribution in [1.29, 1.82) is 0 Å². The van der Waals surface area contributed by atoms with E-state index in [9.17, 15) is 9.18 Å². The summed E-state index contributed by atoms with van der Waals surface area (Å²) >= 11 is 0. The summed E-state index contributed by atoms with van der Waals surface area (Å²) in [7, 11) is 0. The second kappa shape index (κ2) is 3.40. The van der Waals surface area contributed by atoms with E-state index in [4.69, 9.17) is 5.11 Å². The normalized spacial score (nSPS) is 17.5. The van der Waals surface area contributed by atoms with Gasteiger partial charge in [-0.1, -0.05) is 0 Å². The number of carbonyl (C=O) groups is 1. The number of imidazole rings is 1. The highest BCUT2D eigenvalue weighted by Gasteiger charge is 2.23. The third-order valence-corrected chi connectivity index (χ3v) is 2.40. The number of fused-ring (bicyclic) bond motifs is 1. The molecule has 2 rings (SSSR count). The van der Waals surface area contributed by atoms with Crippen LogP contribution in [0.5, 0.6) is 0 Å². The van der Waals surface area contributed by atoms with E-state index in [1.807, 2.05) is 4.57 Å². The van der Waals surface area contributed by atoms with Crippen LogP contribution in [-0.4, -0.2) is 20.6 Å². The molecule has 4 nitrogen and oxygen atoms in total. The molecule has 5 heteroatoms. The molecule has 0 radical (unpaired) electrons. The molecule has 0 aliphatic carbocycles. The molecule has 14 heavy (non-hydrogen) atoms. The molecular formula is C9H11FN2O2. The summed E-state index contributed by atoms with van der Waals surface area (Å²) < 4.78 is 14.9.